The van der Waals surface area contributed by atoms with Crippen LogP contribution in [0.1, 0.15) is 71.2 Å². The Labute approximate surface area is 312 Å². The number of aryl methyl sites for hydroxylation is 8. The van der Waals surface area contributed by atoms with Crippen LogP contribution in [-0.4, -0.2) is 9.52 Å². The number of fused-ring (bicyclic) bond motifs is 2. The number of hydrogen-bond acceptors (Lipinski definition) is 0. The molecule has 0 aliphatic carbocycles. The van der Waals surface area contributed by atoms with Crippen LogP contribution in [0, 0.1) is 41.5 Å². The van der Waals surface area contributed by atoms with E-state index in [0.29, 0.717) is 0 Å². The molecule has 0 heterocycles. The van der Waals surface area contributed by atoms with Gasteiger partial charge in [-0.1, -0.05) is 135 Å². The SMILES string of the molecule is CCCc1ccc2[cH-]c(C)cc2c1-c1cc(C)cc(C)c1.CCCc1ccc2[cH-]c(C)cc2c1-c1cc(C)cc(C)c1.C[Si]C.[Cl][Zr+2][Cl]. The van der Waals surface area contributed by atoms with E-state index < -0.39 is 20.8 Å². The summed E-state index contributed by atoms with van der Waals surface area (Å²) in [6.45, 7) is 21.9. The third-order valence-electron chi connectivity index (χ3n) is 8.30. The van der Waals surface area contributed by atoms with Crippen LogP contribution < -0.4 is 0 Å². The molecule has 6 aromatic carbocycles. The summed E-state index contributed by atoms with van der Waals surface area (Å²) in [4.78, 5) is 0. The number of rotatable bonds is 6. The van der Waals surface area contributed by atoms with E-state index in [0.717, 1.165) is 22.4 Å². The Kier molecular flexibility index (Phi) is 16.6. The van der Waals surface area contributed by atoms with Crippen LogP contribution >= 0.6 is 17.0 Å². The van der Waals surface area contributed by atoms with Crippen molar-refractivity contribution in [1.29, 1.82) is 0 Å². The van der Waals surface area contributed by atoms with Crippen molar-refractivity contribution in [3.63, 3.8) is 0 Å². The van der Waals surface area contributed by atoms with Gasteiger partial charge >= 0.3 is 37.9 Å². The minimum atomic E-state index is -0.826. The third-order valence-corrected chi connectivity index (χ3v) is 8.30. The van der Waals surface area contributed by atoms with E-state index in [1.54, 1.807) is 0 Å². The molecule has 0 aliphatic heterocycles. The van der Waals surface area contributed by atoms with Crippen molar-refractivity contribution in [3.05, 3.63) is 129 Å². The molecule has 0 aromatic heterocycles. The van der Waals surface area contributed by atoms with Crippen molar-refractivity contribution in [2.24, 2.45) is 0 Å². The van der Waals surface area contributed by atoms with Crippen LogP contribution in [0.15, 0.2) is 84.9 Å². The molecule has 0 saturated heterocycles. The molecule has 0 unspecified atom stereocenters. The molecule has 0 nitrogen and oxygen atoms in total. The summed E-state index contributed by atoms with van der Waals surface area (Å²) in [5.74, 6) is 0. The first-order valence-electron chi connectivity index (χ1n) is 17.1. The fourth-order valence-corrected chi connectivity index (χ4v) is 6.83. The molecule has 0 fully saturated rings. The van der Waals surface area contributed by atoms with E-state index in [-0.39, 0.29) is 0 Å². The topological polar surface area (TPSA) is 0 Å². The summed E-state index contributed by atoms with van der Waals surface area (Å²) in [6, 6.07) is 32.2. The molecule has 0 spiro atoms. The van der Waals surface area contributed by atoms with Gasteiger partial charge in [0.05, 0.1) is 0 Å². The predicted octanol–water partition coefficient (Wildman–Crippen LogP) is 14.4. The van der Waals surface area contributed by atoms with Gasteiger partial charge in [0, 0.05) is 9.52 Å². The Hall–Kier alpha value is -2.22. The molecular formula is C44H52Cl2SiZr. The first-order chi connectivity index (χ1) is 23.0. The van der Waals surface area contributed by atoms with Crippen LogP contribution in [0.4, 0.5) is 0 Å². The van der Waals surface area contributed by atoms with E-state index in [2.05, 4.69) is 153 Å². The standard InChI is InChI=1S/2C21H23.C2H6Si.2ClH.Zr/c2*1-5-6-17-7-8-18-10-16(4)13-20(18)21(17)19-11-14(2)9-15(3)12-19;1-3-2;;;/h2*7-13H,5-6H2,1-4H3;1-2H3;2*1H;/q2*-1;;;;+4/p-2. The Morgan fingerprint density at radius 1 is 0.542 bits per heavy atom. The molecule has 6 rings (SSSR count). The summed E-state index contributed by atoms with van der Waals surface area (Å²) in [6.07, 6.45) is 4.65. The molecule has 2 radical (unpaired) electrons. The average Bonchev–Trinajstić information content (AvgIpc) is 3.58. The van der Waals surface area contributed by atoms with Gasteiger partial charge in [0.1, 0.15) is 0 Å². The number of hydrogen-bond donors (Lipinski definition) is 0. The first kappa shape index (κ1) is 40.2. The normalized spacial score (nSPS) is 10.4. The van der Waals surface area contributed by atoms with Crippen molar-refractivity contribution >= 4 is 48.1 Å². The van der Waals surface area contributed by atoms with E-state index in [9.17, 15) is 0 Å². The Morgan fingerprint density at radius 2 is 0.854 bits per heavy atom. The fraction of sp³-hybridized carbons (Fsp3) is 0.318. The van der Waals surface area contributed by atoms with Crippen LogP contribution in [0.5, 0.6) is 0 Å². The Balaban J connectivity index is 0.000000224. The quantitative estimate of drug-likeness (QED) is 0.117. The second-order valence-corrected chi connectivity index (χ2v) is 17.8. The van der Waals surface area contributed by atoms with E-state index in [4.69, 9.17) is 17.0 Å². The fourth-order valence-electron chi connectivity index (χ4n) is 6.83. The average molecular weight is 771 g/mol. The van der Waals surface area contributed by atoms with Crippen LogP contribution in [0.2, 0.25) is 13.1 Å². The molecule has 4 heteroatoms. The molecule has 0 atom stereocenters. The molecule has 0 bridgehead atoms. The second-order valence-electron chi connectivity index (χ2n) is 13.1. The van der Waals surface area contributed by atoms with Gasteiger partial charge < -0.3 is 0 Å². The van der Waals surface area contributed by atoms with Gasteiger partial charge in [-0.25, -0.2) is 0 Å². The molecule has 0 amide bonds. The number of benzene rings is 4. The van der Waals surface area contributed by atoms with Gasteiger partial charge in [0.2, 0.25) is 0 Å². The van der Waals surface area contributed by atoms with Gasteiger partial charge in [-0.05, 0) is 51.7 Å². The minimum absolute atomic E-state index is 0.826. The molecule has 6 aromatic rings. The molecule has 48 heavy (non-hydrogen) atoms. The predicted molar refractivity (Wildman–Crippen MR) is 216 cm³/mol. The van der Waals surface area contributed by atoms with E-state index in [1.807, 2.05) is 0 Å². The zero-order chi connectivity index (χ0) is 35.4. The Morgan fingerprint density at radius 3 is 1.15 bits per heavy atom. The molecule has 0 N–H and O–H groups in total. The first-order valence-corrected chi connectivity index (χ1v) is 25.4. The third kappa shape index (κ3) is 10.9. The van der Waals surface area contributed by atoms with Crippen molar-refractivity contribution in [3.8, 4) is 22.3 Å². The van der Waals surface area contributed by atoms with E-state index >= 15 is 0 Å². The molecular weight excluding hydrogens is 719 g/mol. The van der Waals surface area contributed by atoms with Crippen molar-refractivity contribution in [2.45, 2.75) is 94.2 Å². The van der Waals surface area contributed by atoms with E-state index in [1.165, 1.54) is 101 Å². The zero-order valence-corrected chi connectivity index (χ0v) is 35.6. The van der Waals surface area contributed by atoms with Crippen LogP contribution in [-0.2, 0) is 33.7 Å². The molecule has 250 valence electrons. The second kappa shape index (κ2) is 19.8. The summed E-state index contributed by atoms with van der Waals surface area (Å²) in [7, 11) is 11.0. The summed E-state index contributed by atoms with van der Waals surface area (Å²) in [5.41, 5.74) is 16.6. The summed E-state index contributed by atoms with van der Waals surface area (Å²) in [5, 5.41) is 5.54. The summed E-state index contributed by atoms with van der Waals surface area (Å²) < 4.78 is 0. The summed E-state index contributed by atoms with van der Waals surface area (Å²) >= 11 is -0.826. The maximum absolute atomic E-state index is 4.93. The molecule has 0 saturated carbocycles. The van der Waals surface area contributed by atoms with Crippen molar-refractivity contribution in [2.75, 3.05) is 0 Å². The van der Waals surface area contributed by atoms with Gasteiger partial charge in [-0.15, -0.1) is 69.1 Å². The van der Waals surface area contributed by atoms with Crippen molar-refractivity contribution < 1.29 is 20.8 Å². The maximum atomic E-state index is 4.93. The zero-order valence-electron chi connectivity index (χ0n) is 30.7. The van der Waals surface area contributed by atoms with Crippen LogP contribution in [0.25, 0.3) is 43.8 Å². The van der Waals surface area contributed by atoms with Crippen LogP contribution in [0.3, 0.4) is 0 Å². The Bertz CT molecular complexity index is 1730. The monoisotopic (exact) mass is 768 g/mol. The van der Waals surface area contributed by atoms with Gasteiger partial charge in [0.25, 0.3) is 0 Å². The number of halogens is 2. The van der Waals surface area contributed by atoms with Gasteiger partial charge in [0.15, 0.2) is 0 Å². The molecule has 0 aliphatic rings. The van der Waals surface area contributed by atoms with Gasteiger partial charge in [-0.2, -0.15) is 12.1 Å². The van der Waals surface area contributed by atoms with Gasteiger partial charge in [-0.3, -0.25) is 0 Å². The van der Waals surface area contributed by atoms with Crippen molar-refractivity contribution in [1.82, 2.24) is 0 Å².